The highest BCUT2D eigenvalue weighted by Crippen LogP contribution is 2.04. The fourth-order valence-corrected chi connectivity index (χ4v) is 0.788. The molecule has 13 heavy (non-hydrogen) atoms. The van der Waals surface area contributed by atoms with Crippen LogP contribution in [0.25, 0.3) is 0 Å². The molecule has 68 valence electrons. The lowest BCUT2D eigenvalue weighted by Crippen LogP contribution is -2.19. The Hall–Kier alpha value is -1.98. The lowest BCUT2D eigenvalue weighted by atomic mass is 10.2. The molecule has 6 heteroatoms. The van der Waals surface area contributed by atoms with E-state index in [0.717, 1.165) is 0 Å². The molecule has 0 unspecified atom stereocenters. The Labute approximate surface area is 73.7 Å². The summed E-state index contributed by atoms with van der Waals surface area (Å²) in [6, 6.07) is 1.32. The summed E-state index contributed by atoms with van der Waals surface area (Å²) >= 11 is 0. The van der Waals surface area contributed by atoms with Crippen molar-refractivity contribution >= 4 is 11.9 Å². The zero-order valence-electron chi connectivity index (χ0n) is 6.85. The molecule has 1 heterocycles. The van der Waals surface area contributed by atoms with Crippen LogP contribution < -0.4 is 5.73 Å². The van der Waals surface area contributed by atoms with Gasteiger partial charge >= 0.3 is 5.97 Å². The molecule has 0 atom stereocenters. The maximum atomic E-state index is 11.0. The summed E-state index contributed by atoms with van der Waals surface area (Å²) in [6.45, 7) is 0. The van der Waals surface area contributed by atoms with Crippen LogP contribution in [0.15, 0.2) is 12.3 Å². The Morgan fingerprint density at radius 1 is 1.54 bits per heavy atom. The van der Waals surface area contributed by atoms with Crippen LogP contribution in [0.2, 0.25) is 0 Å². The molecule has 1 amide bonds. The largest absolute Gasteiger partial charge is 0.465 e. The number of esters is 1. The molecular formula is C7H7N3O3. The third-order valence-corrected chi connectivity index (χ3v) is 1.36. The van der Waals surface area contributed by atoms with Crippen LogP contribution in [0.1, 0.15) is 20.8 Å². The number of rotatable bonds is 2. The molecule has 0 bridgehead atoms. The van der Waals surface area contributed by atoms with E-state index in [2.05, 4.69) is 14.9 Å². The Kier molecular flexibility index (Phi) is 2.53. The average Bonchev–Trinajstić information content (AvgIpc) is 2.16. The summed E-state index contributed by atoms with van der Waals surface area (Å²) < 4.78 is 4.41. The summed E-state index contributed by atoms with van der Waals surface area (Å²) in [7, 11) is 1.20. The van der Waals surface area contributed by atoms with E-state index in [0.29, 0.717) is 0 Å². The van der Waals surface area contributed by atoms with E-state index in [9.17, 15) is 9.59 Å². The second kappa shape index (κ2) is 3.61. The van der Waals surface area contributed by atoms with Crippen molar-refractivity contribution < 1.29 is 14.3 Å². The van der Waals surface area contributed by atoms with E-state index in [-0.39, 0.29) is 11.3 Å². The molecule has 1 rings (SSSR count). The highest BCUT2D eigenvalue weighted by Gasteiger charge is 2.16. The molecule has 2 N–H and O–H groups in total. The number of carbonyl (C=O) groups excluding carboxylic acids is 2. The van der Waals surface area contributed by atoms with Crippen LogP contribution in [-0.4, -0.2) is 29.2 Å². The van der Waals surface area contributed by atoms with Crippen LogP contribution in [0.5, 0.6) is 0 Å². The zero-order chi connectivity index (χ0) is 9.84. The minimum absolute atomic E-state index is 0.0185. The van der Waals surface area contributed by atoms with Crippen molar-refractivity contribution in [1.29, 1.82) is 0 Å². The van der Waals surface area contributed by atoms with Gasteiger partial charge in [-0.2, -0.15) is 5.10 Å². The van der Waals surface area contributed by atoms with Gasteiger partial charge in [0.1, 0.15) is 0 Å². The number of hydrogen-bond donors (Lipinski definition) is 1. The molecule has 0 aliphatic carbocycles. The molecule has 0 spiro atoms. The standard InChI is InChI=1S/C7H7N3O3/c1-13-7(12)4-2-3-9-10-5(4)6(8)11/h2-3H,1H3,(H2,8,11). The fraction of sp³-hybridized carbons (Fsp3) is 0.143. The predicted molar refractivity (Wildman–Crippen MR) is 41.9 cm³/mol. The second-order valence-electron chi connectivity index (χ2n) is 2.15. The maximum absolute atomic E-state index is 11.0. The smallest absolute Gasteiger partial charge is 0.340 e. The number of hydrogen-bond acceptors (Lipinski definition) is 5. The quantitative estimate of drug-likeness (QED) is 0.612. The first-order chi connectivity index (χ1) is 6.16. The van der Waals surface area contributed by atoms with Crippen molar-refractivity contribution in [2.24, 2.45) is 5.73 Å². The van der Waals surface area contributed by atoms with Crippen molar-refractivity contribution in [2.75, 3.05) is 7.11 Å². The Morgan fingerprint density at radius 3 is 2.77 bits per heavy atom. The number of carbonyl (C=O) groups is 2. The summed E-state index contributed by atoms with van der Waals surface area (Å²) in [5.41, 5.74) is 4.79. The normalized spacial score (nSPS) is 9.31. The Balaban J connectivity index is 3.19. The van der Waals surface area contributed by atoms with E-state index in [4.69, 9.17) is 5.73 Å². The van der Waals surface area contributed by atoms with Crippen LogP contribution in [-0.2, 0) is 4.74 Å². The first-order valence-electron chi connectivity index (χ1n) is 3.36. The van der Waals surface area contributed by atoms with Crippen molar-refractivity contribution in [3.05, 3.63) is 23.5 Å². The van der Waals surface area contributed by atoms with Gasteiger partial charge in [-0.05, 0) is 6.07 Å². The van der Waals surface area contributed by atoms with Crippen molar-refractivity contribution in [3.8, 4) is 0 Å². The monoisotopic (exact) mass is 181 g/mol. The number of methoxy groups -OCH3 is 1. The summed E-state index contributed by atoms with van der Waals surface area (Å²) in [4.78, 5) is 21.8. The number of nitrogens with two attached hydrogens (primary N) is 1. The lowest BCUT2D eigenvalue weighted by molar-refractivity contribution is 0.0596. The van der Waals surface area contributed by atoms with Crippen molar-refractivity contribution in [3.63, 3.8) is 0 Å². The van der Waals surface area contributed by atoms with Gasteiger partial charge in [0.25, 0.3) is 5.91 Å². The van der Waals surface area contributed by atoms with Gasteiger partial charge in [0.2, 0.25) is 0 Å². The van der Waals surface area contributed by atoms with Crippen LogP contribution in [0.4, 0.5) is 0 Å². The summed E-state index contributed by atoms with van der Waals surface area (Å²) in [6.07, 6.45) is 1.28. The molecule has 0 radical (unpaired) electrons. The summed E-state index contributed by atoms with van der Waals surface area (Å²) in [5, 5.41) is 6.85. The van der Waals surface area contributed by atoms with Gasteiger partial charge in [-0.25, -0.2) is 4.79 Å². The molecule has 0 fully saturated rings. The SMILES string of the molecule is COC(=O)c1ccnnc1C(N)=O. The fourth-order valence-electron chi connectivity index (χ4n) is 0.788. The minimum Gasteiger partial charge on any atom is -0.465 e. The zero-order valence-corrected chi connectivity index (χ0v) is 6.85. The minimum atomic E-state index is -0.812. The van der Waals surface area contributed by atoms with Gasteiger partial charge in [0, 0.05) is 0 Å². The third kappa shape index (κ3) is 1.78. The highest BCUT2D eigenvalue weighted by molar-refractivity contribution is 6.02. The van der Waals surface area contributed by atoms with Gasteiger partial charge in [0.05, 0.1) is 18.9 Å². The number of primary amides is 1. The van der Waals surface area contributed by atoms with Gasteiger partial charge < -0.3 is 10.5 Å². The van der Waals surface area contributed by atoms with Crippen LogP contribution >= 0.6 is 0 Å². The van der Waals surface area contributed by atoms with Gasteiger partial charge in [0.15, 0.2) is 5.69 Å². The molecule has 0 saturated carbocycles. The highest BCUT2D eigenvalue weighted by atomic mass is 16.5. The maximum Gasteiger partial charge on any atom is 0.340 e. The van der Waals surface area contributed by atoms with Gasteiger partial charge in [-0.15, -0.1) is 5.10 Å². The topological polar surface area (TPSA) is 95.2 Å². The molecule has 0 aliphatic rings. The molecule has 0 aliphatic heterocycles. The molecule has 6 nitrogen and oxygen atoms in total. The van der Waals surface area contributed by atoms with Gasteiger partial charge in [-0.3, -0.25) is 4.79 Å². The molecular weight excluding hydrogens is 174 g/mol. The van der Waals surface area contributed by atoms with Crippen LogP contribution in [0, 0.1) is 0 Å². The first-order valence-corrected chi connectivity index (χ1v) is 3.36. The van der Waals surface area contributed by atoms with Crippen LogP contribution in [0.3, 0.4) is 0 Å². The average molecular weight is 181 g/mol. The molecule has 0 aromatic carbocycles. The summed E-state index contributed by atoms with van der Waals surface area (Å²) in [5.74, 6) is -1.47. The van der Waals surface area contributed by atoms with Crippen molar-refractivity contribution in [1.82, 2.24) is 10.2 Å². The number of amides is 1. The third-order valence-electron chi connectivity index (χ3n) is 1.36. The lowest BCUT2D eigenvalue weighted by Gasteiger charge is -2.00. The Bertz CT molecular complexity index is 351. The first kappa shape index (κ1) is 9.11. The number of nitrogens with zero attached hydrogens (tertiary/aromatic N) is 2. The van der Waals surface area contributed by atoms with Gasteiger partial charge in [-0.1, -0.05) is 0 Å². The van der Waals surface area contributed by atoms with E-state index in [1.807, 2.05) is 0 Å². The predicted octanol–water partition coefficient (Wildman–Crippen LogP) is -0.638. The van der Waals surface area contributed by atoms with E-state index >= 15 is 0 Å². The van der Waals surface area contributed by atoms with Crippen molar-refractivity contribution in [2.45, 2.75) is 0 Å². The molecule has 1 aromatic heterocycles. The van der Waals surface area contributed by atoms with E-state index in [1.54, 1.807) is 0 Å². The number of aromatic nitrogens is 2. The second-order valence-corrected chi connectivity index (χ2v) is 2.15. The Morgan fingerprint density at radius 2 is 2.23 bits per heavy atom. The number of ether oxygens (including phenoxy) is 1. The van der Waals surface area contributed by atoms with E-state index in [1.165, 1.54) is 19.4 Å². The molecule has 1 aromatic rings. The molecule has 0 saturated heterocycles. The van der Waals surface area contributed by atoms with E-state index < -0.39 is 11.9 Å².